The van der Waals surface area contributed by atoms with Crippen LogP contribution in [0, 0.1) is 5.92 Å². The van der Waals surface area contributed by atoms with Crippen molar-refractivity contribution in [2.24, 2.45) is 5.92 Å². The first-order valence-electron chi connectivity index (χ1n) is 4.78. The van der Waals surface area contributed by atoms with Crippen molar-refractivity contribution in [3.63, 3.8) is 0 Å². The fourth-order valence-corrected chi connectivity index (χ4v) is 1.45. The predicted octanol–water partition coefficient (Wildman–Crippen LogP) is 2.63. The minimum absolute atomic E-state index is 0.0130. The van der Waals surface area contributed by atoms with E-state index < -0.39 is 0 Å². The Hall–Kier alpha value is -1.31. The summed E-state index contributed by atoms with van der Waals surface area (Å²) in [6.07, 6.45) is 1.01. The summed E-state index contributed by atoms with van der Waals surface area (Å²) in [7, 11) is 1.63. The van der Waals surface area contributed by atoms with Crippen molar-refractivity contribution in [3.8, 4) is 5.75 Å². The third kappa shape index (κ3) is 2.34. The summed E-state index contributed by atoms with van der Waals surface area (Å²) in [6, 6.07) is 7.65. The van der Waals surface area contributed by atoms with Gasteiger partial charge in [0, 0.05) is 5.92 Å². The van der Waals surface area contributed by atoms with Gasteiger partial charge in [0.2, 0.25) is 0 Å². The molecule has 0 unspecified atom stereocenters. The molecule has 0 spiro atoms. The summed E-state index contributed by atoms with van der Waals surface area (Å²) >= 11 is 0. The molecule has 0 saturated heterocycles. The van der Waals surface area contributed by atoms with Crippen LogP contribution >= 0.6 is 0 Å². The molecular formula is C12H16O2. The lowest BCUT2D eigenvalue weighted by molar-refractivity contribution is -0.109. The summed E-state index contributed by atoms with van der Waals surface area (Å²) in [5, 5.41) is 0. The minimum atomic E-state index is -0.0130. The van der Waals surface area contributed by atoms with Crippen molar-refractivity contribution in [1.29, 1.82) is 0 Å². The summed E-state index contributed by atoms with van der Waals surface area (Å²) in [5.41, 5.74) is 1.05. The van der Waals surface area contributed by atoms with E-state index in [0.717, 1.165) is 17.6 Å². The van der Waals surface area contributed by atoms with Crippen molar-refractivity contribution in [3.05, 3.63) is 29.8 Å². The maximum Gasteiger partial charge on any atom is 0.127 e. The second-order valence-electron chi connectivity index (χ2n) is 3.68. The van der Waals surface area contributed by atoms with E-state index in [1.54, 1.807) is 7.11 Å². The van der Waals surface area contributed by atoms with E-state index in [9.17, 15) is 4.79 Å². The van der Waals surface area contributed by atoms with Crippen LogP contribution in [-0.2, 0) is 4.79 Å². The van der Waals surface area contributed by atoms with Crippen molar-refractivity contribution in [2.75, 3.05) is 7.11 Å². The Morgan fingerprint density at radius 2 is 1.79 bits per heavy atom. The van der Waals surface area contributed by atoms with E-state index in [1.165, 1.54) is 0 Å². The van der Waals surface area contributed by atoms with Gasteiger partial charge in [0.1, 0.15) is 12.0 Å². The second-order valence-corrected chi connectivity index (χ2v) is 3.68. The molecule has 1 atom stereocenters. The first kappa shape index (κ1) is 10.8. The number of hydrogen-bond donors (Lipinski definition) is 0. The van der Waals surface area contributed by atoms with Gasteiger partial charge in [-0.25, -0.2) is 0 Å². The van der Waals surface area contributed by atoms with Crippen molar-refractivity contribution in [2.45, 2.75) is 19.8 Å². The van der Waals surface area contributed by atoms with Gasteiger partial charge in [-0.2, -0.15) is 0 Å². The lowest BCUT2D eigenvalue weighted by Gasteiger charge is -2.14. The van der Waals surface area contributed by atoms with Gasteiger partial charge < -0.3 is 9.53 Å². The van der Waals surface area contributed by atoms with Crippen molar-refractivity contribution >= 4 is 6.29 Å². The van der Waals surface area contributed by atoms with E-state index in [2.05, 4.69) is 0 Å². The van der Waals surface area contributed by atoms with Crippen LogP contribution in [0.1, 0.15) is 25.3 Å². The molecule has 0 aliphatic rings. The molecular weight excluding hydrogens is 176 g/mol. The molecule has 0 amide bonds. The Kier molecular flexibility index (Phi) is 3.69. The van der Waals surface area contributed by atoms with Crippen LogP contribution in [0.4, 0.5) is 0 Å². The topological polar surface area (TPSA) is 26.3 Å². The van der Waals surface area contributed by atoms with Crippen LogP contribution in [0.5, 0.6) is 5.75 Å². The van der Waals surface area contributed by atoms with Crippen molar-refractivity contribution < 1.29 is 9.53 Å². The number of carbonyl (C=O) groups is 1. The molecule has 76 valence electrons. The van der Waals surface area contributed by atoms with Gasteiger partial charge in [-0.1, -0.05) is 26.0 Å². The zero-order chi connectivity index (χ0) is 10.6. The first-order chi connectivity index (χ1) is 6.69. The average molecular weight is 192 g/mol. The largest absolute Gasteiger partial charge is 0.497 e. The molecule has 1 rings (SSSR count). The molecule has 0 aliphatic carbocycles. The van der Waals surface area contributed by atoms with Crippen LogP contribution in [0.25, 0.3) is 0 Å². The minimum Gasteiger partial charge on any atom is -0.497 e. The number of benzene rings is 1. The molecule has 2 nitrogen and oxygen atoms in total. The van der Waals surface area contributed by atoms with E-state index in [1.807, 2.05) is 38.1 Å². The Bertz CT molecular complexity index is 288. The summed E-state index contributed by atoms with van der Waals surface area (Å²) in [5.74, 6) is 1.14. The Morgan fingerprint density at radius 3 is 2.14 bits per heavy atom. The summed E-state index contributed by atoms with van der Waals surface area (Å²) in [6.45, 7) is 4.09. The molecule has 0 radical (unpaired) electrons. The SMILES string of the molecule is COc1ccc([C@H](C=O)C(C)C)cc1. The highest BCUT2D eigenvalue weighted by atomic mass is 16.5. The number of carbonyl (C=O) groups excluding carboxylic acids is 1. The van der Waals surface area contributed by atoms with Crippen LogP contribution in [0.3, 0.4) is 0 Å². The van der Waals surface area contributed by atoms with Gasteiger partial charge in [0.05, 0.1) is 7.11 Å². The molecule has 0 N–H and O–H groups in total. The lowest BCUT2D eigenvalue weighted by atomic mass is 9.90. The highest BCUT2D eigenvalue weighted by Crippen LogP contribution is 2.23. The fraction of sp³-hybridized carbons (Fsp3) is 0.417. The number of aldehydes is 1. The Balaban J connectivity index is 2.89. The molecule has 0 heterocycles. The molecule has 1 aromatic rings. The van der Waals surface area contributed by atoms with Gasteiger partial charge in [0.15, 0.2) is 0 Å². The highest BCUT2D eigenvalue weighted by molar-refractivity contribution is 5.62. The fourth-order valence-electron chi connectivity index (χ4n) is 1.45. The average Bonchev–Trinajstić information content (AvgIpc) is 2.19. The molecule has 1 aromatic carbocycles. The van der Waals surface area contributed by atoms with Gasteiger partial charge in [-0.15, -0.1) is 0 Å². The Morgan fingerprint density at radius 1 is 1.21 bits per heavy atom. The van der Waals surface area contributed by atoms with Crippen LogP contribution in [0.2, 0.25) is 0 Å². The highest BCUT2D eigenvalue weighted by Gasteiger charge is 2.14. The van der Waals surface area contributed by atoms with E-state index in [0.29, 0.717) is 5.92 Å². The van der Waals surface area contributed by atoms with E-state index >= 15 is 0 Å². The van der Waals surface area contributed by atoms with Crippen LogP contribution in [-0.4, -0.2) is 13.4 Å². The maximum atomic E-state index is 10.9. The van der Waals surface area contributed by atoms with E-state index in [4.69, 9.17) is 4.74 Å². The lowest BCUT2D eigenvalue weighted by Crippen LogP contribution is -2.07. The van der Waals surface area contributed by atoms with Crippen molar-refractivity contribution in [1.82, 2.24) is 0 Å². The smallest absolute Gasteiger partial charge is 0.127 e. The predicted molar refractivity (Wildman–Crippen MR) is 56.6 cm³/mol. The molecule has 14 heavy (non-hydrogen) atoms. The van der Waals surface area contributed by atoms with Gasteiger partial charge in [0.25, 0.3) is 0 Å². The molecule has 0 aliphatic heterocycles. The standard InChI is InChI=1S/C12H16O2/c1-9(2)12(8-13)10-4-6-11(14-3)7-5-10/h4-9,12H,1-3H3/t12-/m1/s1. The molecule has 0 fully saturated rings. The van der Waals surface area contributed by atoms with E-state index in [-0.39, 0.29) is 5.92 Å². The quantitative estimate of drug-likeness (QED) is 0.685. The van der Waals surface area contributed by atoms with Crippen LogP contribution < -0.4 is 4.74 Å². The summed E-state index contributed by atoms with van der Waals surface area (Å²) < 4.78 is 5.05. The molecule has 0 saturated carbocycles. The third-order valence-electron chi connectivity index (χ3n) is 2.37. The zero-order valence-electron chi connectivity index (χ0n) is 8.86. The van der Waals surface area contributed by atoms with Gasteiger partial charge >= 0.3 is 0 Å². The molecule has 2 heteroatoms. The molecule has 0 aromatic heterocycles. The number of ether oxygens (including phenoxy) is 1. The first-order valence-corrected chi connectivity index (χ1v) is 4.78. The molecule has 0 bridgehead atoms. The number of rotatable bonds is 4. The summed E-state index contributed by atoms with van der Waals surface area (Å²) in [4.78, 5) is 10.9. The van der Waals surface area contributed by atoms with Gasteiger partial charge in [-0.05, 0) is 23.6 Å². The van der Waals surface area contributed by atoms with Crippen LogP contribution in [0.15, 0.2) is 24.3 Å². The third-order valence-corrected chi connectivity index (χ3v) is 2.37. The zero-order valence-corrected chi connectivity index (χ0v) is 8.86. The van der Waals surface area contributed by atoms with Gasteiger partial charge in [-0.3, -0.25) is 0 Å². The normalized spacial score (nSPS) is 12.6. The monoisotopic (exact) mass is 192 g/mol. The number of hydrogen-bond acceptors (Lipinski definition) is 2. The number of methoxy groups -OCH3 is 1. The second kappa shape index (κ2) is 4.80. The Labute approximate surface area is 84.9 Å². The maximum absolute atomic E-state index is 10.9.